The fourth-order valence-corrected chi connectivity index (χ4v) is 6.52. The van der Waals surface area contributed by atoms with Crippen molar-refractivity contribution >= 4 is 33.1 Å². The quantitative estimate of drug-likeness (QED) is 0.538. The molecule has 5 rings (SSSR count). The number of rotatable bonds is 5. The third kappa shape index (κ3) is 4.00. The van der Waals surface area contributed by atoms with Crippen molar-refractivity contribution < 1.29 is 13.2 Å². The summed E-state index contributed by atoms with van der Waals surface area (Å²) in [6.45, 7) is 7.32. The number of carbonyl (C=O) groups excluding carboxylic acids is 1. The molecule has 1 aliphatic heterocycles. The zero-order chi connectivity index (χ0) is 25.8. The van der Waals surface area contributed by atoms with Crippen LogP contribution >= 0.6 is 0 Å². The molecule has 3 aromatic rings. The second-order valence-electron chi connectivity index (χ2n) is 10.4. The van der Waals surface area contributed by atoms with Crippen LogP contribution in [0.2, 0.25) is 0 Å². The predicted molar refractivity (Wildman–Crippen MR) is 143 cm³/mol. The van der Waals surface area contributed by atoms with Gasteiger partial charge in [0.2, 0.25) is 0 Å². The van der Waals surface area contributed by atoms with Gasteiger partial charge >= 0.3 is 0 Å². The van der Waals surface area contributed by atoms with Gasteiger partial charge in [0.1, 0.15) is 0 Å². The summed E-state index contributed by atoms with van der Waals surface area (Å²) in [5.74, 6) is 0.0524. The predicted octanol–water partition coefficient (Wildman–Crippen LogP) is 3.01. The van der Waals surface area contributed by atoms with E-state index in [-0.39, 0.29) is 11.2 Å². The largest absolute Gasteiger partial charge is 0.357 e. The number of hydrogen-bond acceptors (Lipinski definition) is 5. The summed E-state index contributed by atoms with van der Waals surface area (Å²) in [6, 6.07) is 12.2. The van der Waals surface area contributed by atoms with Gasteiger partial charge in [0, 0.05) is 87.7 Å². The van der Waals surface area contributed by atoms with Crippen molar-refractivity contribution in [2.24, 2.45) is 4.99 Å². The average molecular weight is 508 g/mol. The summed E-state index contributed by atoms with van der Waals surface area (Å²) in [6.07, 6.45) is 1.81. The summed E-state index contributed by atoms with van der Waals surface area (Å²) in [4.78, 5) is 23.6. The van der Waals surface area contributed by atoms with Crippen LogP contribution in [0.1, 0.15) is 52.2 Å². The number of fused-ring (bicyclic) bond motifs is 4. The topological polar surface area (TPSA) is 89.1 Å². The number of H-pyrrole nitrogens is 1. The van der Waals surface area contributed by atoms with E-state index in [4.69, 9.17) is 0 Å². The molecule has 0 atom stereocenters. The van der Waals surface area contributed by atoms with E-state index in [0.29, 0.717) is 32.7 Å². The lowest BCUT2D eigenvalue weighted by molar-refractivity contribution is 0.103. The van der Waals surface area contributed by atoms with E-state index in [9.17, 15) is 13.2 Å². The van der Waals surface area contributed by atoms with Crippen molar-refractivity contribution in [2.45, 2.75) is 25.8 Å². The number of piperazine rings is 1. The molecule has 2 aliphatic rings. The lowest BCUT2D eigenvalue weighted by atomic mass is 9.71. The van der Waals surface area contributed by atoms with Crippen LogP contribution in [-0.4, -0.2) is 86.2 Å². The number of nitrogens with zero attached hydrogens (tertiary/aromatic N) is 4. The van der Waals surface area contributed by atoms with Gasteiger partial charge in [0.05, 0.1) is 5.56 Å². The molecule has 2 aromatic carbocycles. The number of aliphatic imine (C=N–C) groups is 1. The van der Waals surface area contributed by atoms with Gasteiger partial charge in [0.15, 0.2) is 5.78 Å². The first kappa shape index (κ1) is 24.8. The molecule has 1 aromatic heterocycles. The first-order valence-corrected chi connectivity index (χ1v) is 13.6. The number of carbonyl (C=O) groups is 1. The van der Waals surface area contributed by atoms with Crippen LogP contribution < -0.4 is 0 Å². The van der Waals surface area contributed by atoms with Gasteiger partial charge in [-0.3, -0.25) is 14.7 Å². The van der Waals surface area contributed by atoms with Crippen molar-refractivity contribution in [3.05, 3.63) is 69.9 Å². The molecule has 0 amide bonds. The molecule has 8 nitrogen and oxygen atoms in total. The first-order valence-electron chi connectivity index (χ1n) is 12.2. The van der Waals surface area contributed by atoms with Crippen molar-refractivity contribution in [1.29, 1.82) is 0 Å². The van der Waals surface area contributed by atoms with Crippen LogP contribution in [0.3, 0.4) is 0 Å². The fraction of sp³-hybridized carbons (Fsp3) is 0.407. The minimum Gasteiger partial charge on any atom is -0.357 e. The molecule has 1 saturated heterocycles. The highest BCUT2D eigenvalue weighted by Crippen LogP contribution is 2.44. The van der Waals surface area contributed by atoms with Crippen LogP contribution in [0.4, 0.5) is 0 Å². The molecule has 0 radical (unpaired) electrons. The molecule has 2 heterocycles. The molecule has 0 saturated carbocycles. The number of ketones is 1. The Hall–Kier alpha value is -2.85. The maximum absolute atomic E-state index is 13.6. The Morgan fingerprint density at radius 1 is 1.08 bits per heavy atom. The fourth-order valence-electron chi connectivity index (χ4n) is 5.43. The molecule has 1 aliphatic carbocycles. The van der Waals surface area contributed by atoms with Gasteiger partial charge in [0.25, 0.3) is 10.2 Å². The molecular formula is C27H33N5O3S. The van der Waals surface area contributed by atoms with E-state index in [1.165, 1.54) is 8.61 Å². The summed E-state index contributed by atoms with van der Waals surface area (Å²) >= 11 is 0. The van der Waals surface area contributed by atoms with E-state index < -0.39 is 10.2 Å². The number of aromatic amines is 1. The number of benzene rings is 2. The van der Waals surface area contributed by atoms with Gasteiger partial charge in [-0.25, -0.2) is 0 Å². The van der Waals surface area contributed by atoms with E-state index in [0.717, 1.165) is 44.4 Å². The Labute approximate surface area is 212 Å². The zero-order valence-corrected chi connectivity index (χ0v) is 22.3. The molecule has 0 unspecified atom stereocenters. The van der Waals surface area contributed by atoms with E-state index in [1.807, 2.05) is 36.5 Å². The SMILES string of the molecule is C/N=C\c1ccc2c3c([nH]c2c1)C(C)(C)c1cc(CN2CCN(S(=O)(=O)N(C)C)CC2)ccc1C3=O. The zero-order valence-electron chi connectivity index (χ0n) is 21.5. The third-order valence-electron chi connectivity index (χ3n) is 7.48. The van der Waals surface area contributed by atoms with Crippen LogP contribution in [-0.2, 0) is 22.2 Å². The highest BCUT2D eigenvalue weighted by molar-refractivity contribution is 7.86. The van der Waals surface area contributed by atoms with Gasteiger partial charge < -0.3 is 4.98 Å². The molecule has 1 fully saturated rings. The molecule has 9 heteroatoms. The monoisotopic (exact) mass is 507 g/mol. The minimum atomic E-state index is -3.38. The Morgan fingerprint density at radius 2 is 1.81 bits per heavy atom. The summed E-state index contributed by atoms with van der Waals surface area (Å²) in [5.41, 5.74) is 6.16. The van der Waals surface area contributed by atoms with Crippen molar-refractivity contribution in [2.75, 3.05) is 47.3 Å². The van der Waals surface area contributed by atoms with E-state index >= 15 is 0 Å². The van der Waals surface area contributed by atoms with Crippen LogP contribution in [0.15, 0.2) is 41.4 Å². The van der Waals surface area contributed by atoms with E-state index in [1.54, 1.807) is 21.1 Å². The van der Waals surface area contributed by atoms with Crippen LogP contribution in [0.25, 0.3) is 10.9 Å². The highest BCUT2D eigenvalue weighted by atomic mass is 32.2. The molecule has 0 bridgehead atoms. The maximum Gasteiger partial charge on any atom is 0.281 e. The molecular weight excluding hydrogens is 474 g/mol. The number of nitrogens with one attached hydrogen (secondary N) is 1. The highest BCUT2D eigenvalue weighted by Gasteiger charge is 2.40. The van der Waals surface area contributed by atoms with E-state index in [2.05, 4.69) is 34.8 Å². The lowest BCUT2D eigenvalue weighted by Gasteiger charge is -2.36. The lowest BCUT2D eigenvalue weighted by Crippen LogP contribution is -2.51. The van der Waals surface area contributed by atoms with Crippen molar-refractivity contribution in [1.82, 2.24) is 18.5 Å². The Bertz CT molecular complexity index is 1480. The summed E-state index contributed by atoms with van der Waals surface area (Å²) < 4.78 is 27.6. The van der Waals surface area contributed by atoms with Crippen LogP contribution in [0, 0.1) is 0 Å². The molecule has 36 heavy (non-hydrogen) atoms. The normalized spacial score (nSPS) is 18.8. The Kier molecular flexibility index (Phi) is 6.15. The first-order chi connectivity index (χ1) is 17.0. The summed E-state index contributed by atoms with van der Waals surface area (Å²) in [5, 5.41) is 0.941. The molecule has 190 valence electrons. The average Bonchev–Trinajstić information content (AvgIpc) is 3.23. The second kappa shape index (κ2) is 8.92. The van der Waals surface area contributed by atoms with Gasteiger partial charge in [-0.2, -0.15) is 17.0 Å². The second-order valence-corrected chi connectivity index (χ2v) is 12.5. The Balaban J connectivity index is 1.42. The van der Waals surface area contributed by atoms with Crippen molar-refractivity contribution in [3.8, 4) is 0 Å². The van der Waals surface area contributed by atoms with Gasteiger partial charge in [-0.15, -0.1) is 0 Å². The standard InChI is InChI=1S/C27H33N5O3S/c1-27(2)22-14-19(17-31-10-12-32(13-11-31)36(34,35)30(4)5)7-8-20(22)25(33)24-21-9-6-18(16-28-3)15-23(21)29-26(24)27/h6-9,14-16,29H,10-13,17H2,1-5H3/b28-16-. The molecule has 0 spiro atoms. The minimum absolute atomic E-state index is 0.0524. The third-order valence-corrected chi connectivity index (χ3v) is 9.42. The van der Waals surface area contributed by atoms with Crippen LogP contribution in [0.5, 0.6) is 0 Å². The summed E-state index contributed by atoms with van der Waals surface area (Å²) in [7, 11) is 1.49. The van der Waals surface area contributed by atoms with Gasteiger partial charge in [-0.1, -0.05) is 44.2 Å². The smallest absolute Gasteiger partial charge is 0.281 e. The van der Waals surface area contributed by atoms with Gasteiger partial charge in [-0.05, 0) is 22.8 Å². The number of aromatic nitrogens is 1. The number of hydrogen-bond donors (Lipinski definition) is 1. The van der Waals surface area contributed by atoms with Crippen molar-refractivity contribution in [3.63, 3.8) is 0 Å². The Morgan fingerprint density at radius 3 is 2.47 bits per heavy atom. The maximum atomic E-state index is 13.6. The molecule has 1 N–H and O–H groups in total.